The molecule has 0 amide bonds. The van der Waals surface area contributed by atoms with Gasteiger partial charge < -0.3 is 9.13 Å². The van der Waals surface area contributed by atoms with E-state index in [0.717, 1.165) is 54.5 Å². The van der Waals surface area contributed by atoms with Gasteiger partial charge in [-0.2, -0.15) is 0 Å². The molecule has 2 nitrogen and oxygen atoms in total. The number of hydrogen-bond acceptors (Lipinski definition) is 1. The molecule has 1 aliphatic rings. The largest absolute Gasteiger partial charge is 0.309 e. The van der Waals surface area contributed by atoms with E-state index in [9.17, 15) is 0 Å². The summed E-state index contributed by atoms with van der Waals surface area (Å²) in [6, 6.07) is 55.1. The van der Waals surface area contributed by atoms with Crippen LogP contribution in [0, 0.1) is 0 Å². The highest BCUT2D eigenvalue weighted by molar-refractivity contribution is 7.86. The number of aromatic nitrogens is 1. The van der Waals surface area contributed by atoms with Gasteiger partial charge in [0.25, 0.3) is 0 Å². The summed E-state index contributed by atoms with van der Waals surface area (Å²) in [5.74, 6) is 0. The monoisotopic (exact) mass is 567 g/mol. The van der Waals surface area contributed by atoms with Crippen LogP contribution in [0.4, 0.5) is 0 Å². The smallest absolute Gasteiger partial charge is 0.174 e. The lowest BCUT2D eigenvalue weighted by molar-refractivity contribution is 0.593. The average molecular weight is 568 g/mol. The van der Waals surface area contributed by atoms with Gasteiger partial charge in [0.1, 0.15) is 0 Å². The average Bonchev–Trinajstić information content (AvgIpc) is 3.55. The molecule has 0 saturated carbocycles. The minimum absolute atomic E-state index is 0.872. The van der Waals surface area contributed by atoms with Gasteiger partial charge in [0.15, 0.2) is 7.14 Å². The Morgan fingerprint density at radius 2 is 1.19 bits per heavy atom. The Labute approximate surface area is 249 Å². The fraction of sp³-hybridized carbons (Fsp3) is 0. The van der Waals surface area contributed by atoms with E-state index in [-0.39, 0.29) is 0 Å². The summed E-state index contributed by atoms with van der Waals surface area (Å²) in [6.07, 6.45) is 0. The molecule has 0 aliphatic carbocycles. The van der Waals surface area contributed by atoms with E-state index in [2.05, 4.69) is 126 Å². The zero-order valence-corrected chi connectivity index (χ0v) is 24.2. The zero-order chi connectivity index (χ0) is 28.5. The standard InChI is InChI=1S/C40H26NOP/c42-43(32-12-2-1-3-13-32)38-17-9-7-15-34(38)36-25-24-35-33-14-6-8-16-37(33)41(39(35)40(36)43)31-22-20-28(21-23-31)30-19-18-27-10-4-5-11-29(27)26-30/h1-26H. The number of benzene rings is 7. The van der Waals surface area contributed by atoms with Crippen LogP contribution in [0.15, 0.2) is 158 Å². The second kappa shape index (κ2) is 9.16. The minimum atomic E-state index is -3.15. The molecule has 0 fully saturated rings. The summed E-state index contributed by atoms with van der Waals surface area (Å²) in [6.45, 7) is 0. The maximum absolute atomic E-state index is 15.7. The molecule has 1 aliphatic heterocycles. The fourth-order valence-electron chi connectivity index (χ4n) is 7.02. The van der Waals surface area contributed by atoms with E-state index in [1.54, 1.807) is 0 Å². The molecular formula is C40H26NOP. The highest BCUT2D eigenvalue weighted by Gasteiger charge is 2.42. The number of para-hydroxylation sites is 1. The van der Waals surface area contributed by atoms with Crippen LogP contribution in [0.5, 0.6) is 0 Å². The van der Waals surface area contributed by atoms with Gasteiger partial charge in [-0.05, 0) is 57.3 Å². The molecule has 1 atom stereocenters. The summed E-state index contributed by atoms with van der Waals surface area (Å²) >= 11 is 0. The zero-order valence-electron chi connectivity index (χ0n) is 23.3. The van der Waals surface area contributed by atoms with Crippen LogP contribution in [0.1, 0.15) is 0 Å². The van der Waals surface area contributed by atoms with Crippen LogP contribution in [0.25, 0.3) is 60.5 Å². The lowest BCUT2D eigenvalue weighted by Gasteiger charge is -2.18. The molecular weight excluding hydrogens is 541 g/mol. The maximum Gasteiger partial charge on any atom is 0.174 e. The summed E-state index contributed by atoms with van der Waals surface area (Å²) < 4.78 is 18.0. The highest BCUT2D eigenvalue weighted by atomic mass is 31.2. The van der Waals surface area contributed by atoms with Crippen LogP contribution < -0.4 is 15.9 Å². The minimum Gasteiger partial charge on any atom is -0.309 e. The molecule has 1 aromatic heterocycles. The van der Waals surface area contributed by atoms with Crippen LogP contribution in [-0.4, -0.2) is 4.57 Å². The number of nitrogens with zero attached hydrogens (tertiary/aromatic N) is 1. The van der Waals surface area contributed by atoms with Crippen LogP contribution in [0.2, 0.25) is 0 Å². The third-order valence-electron chi connectivity index (χ3n) is 8.99. The van der Waals surface area contributed by atoms with E-state index < -0.39 is 7.14 Å². The molecule has 0 radical (unpaired) electrons. The number of fused-ring (bicyclic) bond motifs is 8. The lowest BCUT2D eigenvalue weighted by atomic mass is 10.0. The first kappa shape index (κ1) is 24.4. The van der Waals surface area contributed by atoms with Crippen molar-refractivity contribution in [2.45, 2.75) is 0 Å². The van der Waals surface area contributed by atoms with Crippen LogP contribution >= 0.6 is 7.14 Å². The van der Waals surface area contributed by atoms with Crippen LogP contribution in [0.3, 0.4) is 0 Å². The van der Waals surface area contributed by atoms with Crippen molar-refractivity contribution < 1.29 is 4.57 Å². The van der Waals surface area contributed by atoms with Crippen molar-refractivity contribution in [3.63, 3.8) is 0 Å². The van der Waals surface area contributed by atoms with Gasteiger partial charge in [0.2, 0.25) is 0 Å². The fourth-order valence-corrected chi connectivity index (χ4v) is 10.3. The van der Waals surface area contributed by atoms with Gasteiger partial charge in [-0.1, -0.05) is 133 Å². The second-order valence-electron chi connectivity index (χ2n) is 11.3. The Kier molecular flexibility index (Phi) is 5.21. The molecule has 202 valence electrons. The van der Waals surface area contributed by atoms with Crippen molar-refractivity contribution in [1.29, 1.82) is 0 Å². The Morgan fingerprint density at radius 1 is 0.488 bits per heavy atom. The first-order valence-electron chi connectivity index (χ1n) is 14.6. The summed E-state index contributed by atoms with van der Waals surface area (Å²) in [5.41, 5.74) is 7.68. The molecule has 2 heterocycles. The predicted octanol–water partition coefficient (Wildman–Crippen LogP) is 9.22. The number of hydrogen-bond donors (Lipinski definition) is 0. The molecule has 3 heteroatoms. The third-order valence-corrected chi connectivity index (χ3v) is 12.2. The second-order valence-corrected chi connectivity index (χ2v) is 13.9. The van der Waals surface area contributed by atoms with Gasteiger partial charge in [0.05, 0.1) is 16.3 Å². The van der Waals surface area contributed by atoms with Gasteiger partial charge >= 0.3 is 0 Å². The van der Waals surface area contributed by atoms with Gasteiger partial charge in [-0.25, -0.2) is 0 Å². The molecule has 0 spiro atoms. The van der Waals surface area contributed by atoms with E-state index in [1.807, 2.05) is 36.4 Å². The van der Waals surface area contributed by atoms with Gasteiger partial charge in [-0.15, -0.1) is 0 Å². The summed E-state index contributed by atoms with van der Waals surface area (Å²) in [7, 11) is -3.15. The van der Waals surface area contributed by atoms with E-state index >= 15 is 4.57 Å². The predicted molar refractivity (Wildman–Crippen MR) is 182 cm³/mol. The molecule has 0 bridgehead atoms. The molecule has 0 saturated heterocycles. The van der Waals surface area contributed by atoms with Crippen LogP contribution in [-0.2, 0) is 4.57 Å². The molecule has 8 aromatic rings. The maximum atomic E-state index is 15.7. The van der Waals surface area contributed by atoms with Crippen molar-refractivity contribution in [3.8, 4) is 27.9 Å². The Morgan fingerprint density at radius 3 is 2.05 bits per heavy atom. The first-order chi connectivity index (χ1) is 21.2. The van der Waals surface area contributed by atoms with Crippen molar-refractivity contribution in [1.82, 2.24) is 4.57 Å². The Hall–Kier alpha value is -5.17. The summed E-state index contributed by atoms with van der Waals surface area (Å²) in [4.78, 5) is 0. The van der Waals surface area contributed by atoms with Gasteiger partial charge in [-0.3, -0.25) is 0 Å². The molecule has 1 unspecified atom stereocenters. The van der Waals surface area contributed by atoms with E-state index in [4.69, 9.17) is 0 Å². The lowest BCUT2D eigenvalue weighted by Crippen LogP contribution is -2.22. The Balaban J connectivity index is 1.33. The van der Waals surface area contributed by atoms with Crippen molar-refractivity contribution in [2.75, 3.05) is 0 Å². The quantitative estimate of drug-likeness (QED) is 0.195. The molecule has 9 rings (SSSR count). The van der Waals surface area contributed by atoms with E-state index in [1.165, 1.54) is 21.9 Å². The highest BCUT2D eigenvalue weighted by Crippen LogP contribution is 2.54. The topological polar surface area (TPSA) is 22.0 Å². The molecule has 7 aromatic carbocycles. The third kappa shape index (κ3) is 3.45. The van der Waals surface area contributed by atoms with Crippen molar-refractivity contribution in [2.24, 2.45) is 0 Å². The van der Waals surface area contributed by atoms with E-state index in [0.29, 0.717) is 0 Å². The summed E-state index contributed by atoms with van der Waals surface area (Å²) in [5, 5.41) is 7.49. The molecule has 0 N–H and O–H groups in total. The van der Waals surface area contributed by atoms with Crippen molar-refractivity contribution in [3.05, 3.63) is 158 Å². The number of rotatable bonds is 3. The normalized spacial score (nSPS) is 15.6. The first-order valence-corrected chi connectivity index (χ1v) is 16.3. The van der Waals surface area contributed by atoms with Crippen molar-refractivity contribution >= 4 is 55.6 Å². The molecule has 43 heavy (non-hydrogen) atoms. The van der Waals surface area contributed by atoms with Gasteiger partial charge in [0, 0.05) is 27.1 Å². The Bertz CT molecular complexity index is 2420. The SMILES string of the molecule is O=P1(c2ccccc2)c2ccccc2-c2ccc3c4ccccc4n(-c4ccc(-c5ccc6ccccc6c5)cc4)c3c21.